The molecule has 1 saturated carbocycles. The van der Waals surface area contributed by atoms with E-state index in [4.69, 9.17) is 0 Å². The highest BCUT2D eigenvalue weighted by Crippen LogP contribution is 2.36. The zero-order valence-electron chi connectivity index (χ0n) is 11.0. The SMILES string of the molecule is O=S(=O)(c1cc(Br)ccc1Br)N(Cc1ccsc1)C1CC1. The van der Waals surface area contributed by atoms with E-state index in [0.29, 0.717) is 15.9 Å². The fourth-order valence-corrected chi connectivity index (χ4v) is 5.93. The standard InChI is InChI=1S/C14H13Br2NO2S2/c15-11-1-4-13(16)14(7-11)21(18,19)17(12-2-3-12)8-10-5-6-20-9-10/h1,4-7,9,12H,2-3,8H2. The van der Waals surface area contributed by atoms with Gasteiger partial charge in [0.25, 0.3) is 0 Å². The van der Waals surface area contributed by atoms with Crippen LogP contribution in [0.2, 0.25) is 0 Å². The van der Waals surface area contributed by atoms with E-state index in [2.05, 4.69) is 31.9 Å². The molecule has 1 aliphatic rings. The molecule has 0 bridgehead atoms. The van der Waals surface area contributed by atoms with Gasteiger partial charge in [0.15, 0.2) is 0 Å². The van der Waals surface area contributed by atoms with Gasteiger partial charge in [-0.2, -0.15) is 15.6 Å². The Morgan fingerprint density at radius 3 is 2.62 bits per heavy atom. The van der Waals surface area contributed by atoms with Gasteiger partial charge in [0.1, 0.15) is 0 Å². The second-order valence-corrected chi connectivity index (χ2v) is 9.40. The molecule has 0 unspecified atom stereocenters. The van der Waals surface area contributed by atoms with Gasteiger partial charge in [0.05, 0.1) is 4.90 Å². The highest BCUT2D eigenvalue weighted by molar-refractivity contribution is 9.11. The van der Waals surface area contributed by atoms with Gasteiger partial charge in [-0.1, -0.05) is 15.9 Å². The summed E-state index contributed by atoms with van der Waals surface area (Å²) >= 11 is 8.29. The lowest BCUT2D eigenvalue weighted by atomic mass is 10.3. The van der Waals surface area contributed by atoms with E-state index in [1.165, 1.54) is 0 Å². The number of hydrogen-bond acceptors (Lipinski definition) is 3. The molecule has 3 nitrogen and oxygen atoms in total. The summed E-state index contributed by atoms with van der Waals surface area (Å²) in [5, 5.41) is 3.98. The molecule has 2 aromatic rings. The second-order valence-electron chi connectivity index (χ2n) is 4.99. The van der Waals surface area contributed by atoms with Gasteiger partial charge >= 0.3 is 0 Å². The summed E-state index contributed by atoms with van der Waals surface area (Å²) in [6.07, 6.45) is 1.88. The third-order valence-corrected chi connectivity index (χ3v) is 7.47. The van der Waals surface area contributed by atoms with Gasteiger partial charge in [0, 0.05) is 21.5 Å². The molecule has 112 valence electrons. The van der Waals surface area contributed by atoms with Crippen molar-refractivity contribution < 1.29 is 8.42 Å². The Hall–Kier alpha value is -0.210. The Balaban J connectivity index is 1.99. The minimum atomic E-state index is -3.51. The molecule has 1 aromatic carbocycles. The summed E-state index contributed by atoms with van der Waals surface area (Å²) in [7, 11) is -3.51. The van der Waals surface area contributed by atoms with Crippen molar-refractivity contribution in [2.24, 2.45) is 0 Å². The molecule has 0 amide bonds. The molecular formula is C14H13Br2NO2S2. The van der Waals surface area contributed by atoms with Crippen LogP contribution in [0.1, 0.15) is 18.4 Å². The summed E-state index contributed by atoms with van der Waals surface area (Å²) in [5.74, 6) is 0. The van der Waals surface area contributed by atoms with Crippen molar-refractivity contribution in [3.05, 3.63) is 49.5 Å². The smallest absolute Gasteiger partial charge is 0.207 e. The maximum atomic E-state index is 13.0. The molecule has 1 heterocycles. The summed E-state index contributed by atoms with van der Waals surface area (Å²) in [4.78, 5) is 0.319. The monoisotopic (exact) mass is 449 g/mol. The average molecular weight is 451 g/mol. The van der Waals surface area contributed by atoms with Crippen LogP contribution in [0.15, 0.2) is 48.9 Å². The molecule has 21 heavy (non-hydrogen) atoms. The van der Waals surface area contributed by atoms with Crippen LogP contribution in [0.25, 0.3) is 0 Å². The predicted molar refractivity (Wildman–Crippen MR) is 91.9 cm³/mol. The quantitative estimate of drug-likeness (QED) is 0.665. The van der Waals surface area contributed by atoms with Gasteiger partial charge in [-0.25, -0.2) is 8.42 Å². The molecule has 3 rings (SSSR count). The third kappa shape index (κ3) is 3.42. The molecule has 0 saturated heterocycles. The minimum absolute atomic E-state index is 0.126. The summed E-state index contributed by atoms with van der Waals surface area (Å²) < 4.78 is 29.0. The Kier molecular flexibility index (Phi) is 4.57. The molecule has 1 aliphatic carbocycles. The fraction of sp³-hybridized carbons (Fsp3) is 0.286. The van der Waals surface area contributed by atoms with Crippen LogP contribution in [0.4, 0.5) is 0 Å². The Morgan fingerprint density at radius 1 is 1.24 bits per heavy atom. The van der Waals surface area contributed by atoms with E-state index in [0.717, 1.165) is 22.9 Å². The number of rotatable bonds is 5. The van der Waals surface area contributed by atoms with Gasteiger partial charge in [-0.05, 0) is 69.4 Å². The third-order valence-electron chi connectivity index (χ3n) is 3.35. The maximum Gasteiger partial charge on any atom is 0.244 e. The number of hydrogen-bond donors (Lipinski definition) is 0. The second kappa shape index (κ2) is 6.12. The molecule has 0 N–H and O–H groups in total. The fourth-order valence-electron chi connectivity index (χ4n) is 2.14. The van der Waals surface area contributed by atoms with Crippen molar-refractivity contribution in [2.75, 3.05) is 0 Å². The van der Waals surface area contributed by atoms with E-state index >= 15 is 0 Å². The van der Waals surface area contributed by atoms with E-state index in [9.17, 15) is 8.42 Å². The van der Waals surface area contributed by atoms with Crippen molar-refractivity contribution in [3.63, 3.8) is 0 Å². The Bertz CT molecular complexity index is 740. The molecule has 0 radical (unpaired) electrons. The molecule has 0 aliphatic heterocycles. The first kappa shape index (κ1) is 15.7. The average Bonchev–Trinajstić information content (AvgIpc) is 3.14. The molecule has 0 atom stereocenters. The molecule has 1 fully saturated rings. The molecule has 1 aromatic heterocycles. The van der Waals surface area contributed by atoms with Crippen molar-refractivity contribution in [3.8, 4) is 0 Å². The van der Waals surface area contributed by atoms with Crippen LogP contribution in [0.3, 0.4) is 0 Å². The number of halogens is 2. The Morgan fingerprint density at radius 2 is 2.00 bits per heavy atom. The number of thiophene rings is 1. The predicted octanol–water partition coefficient (Wildman–Crippen LogP) is 4.63. The van der Waals surface area contributed by atoms with Crippen LogP contribution < -0.4 is 0 Å². The molecular weight excluding hydrogens is 438 g/mol. The summed E-state index contributed by atoms with van der Waals surface area (Å²) in [6.45, 7) is 0.440. The topological polar surface area (TPSA) is 37.4 Å². The maximum absolute atomic E-state index is 13.0. The highest BCUT2D eigenvalue weighted by Gasteiger charge is 2.38. The van der Waals surface area contributed by atoms with Crippen LogP contribution in [0.5, 0.6) is 0 Å². The van der Waals surface area contributed by atoms with Crippen LogP contribution in [-0.2, 0) is 16.6 Å². The number of sulfonamides is 1. The first-order valence-corrected chi connectivity index (χ1v) is 10.4. The molecule has 7 heteroatoms. The lowest BCUT2D eigenvalue weighted by Crippen LogP contribution is -2.32. The van der Waals surface area contributed by atoms with Crippen molar-refractivity contribution >= 4 is 53.2 Å². The van der Waals surface area contributed by atoms with Gasteiger partial charge in [-0.3, -0.25) is 0 Å². The van der Waals surface area contributed by atoms with E-state index in [-0.39, 0.29) is 6.04 Å². The number of nitrogens with zero attached hydrogens (tertiary/aromatic N) is 1. The zero-order chi connectivity index (χ0) is 15.0. The number of benzene rings is 1. The van der Waals surface area contributed by atoms with Crippen LogP contribution in [0, 0.1) is 0 Å². The lowest BCUT2D eigenvalue weighted by molar-refractivity contribution is 0.399. The first-order valence-electron chi connectivity index (χ1n) is 6.46. The van der Waals surface area contributed by atoms with E-state index in [1.807, 2.05) is 22.9 Å². The minimum Gasteiger partial charge on any atom is -0.207 e. The van der Waals surface area contributed by atoms with Crippen LogP contribution in [-0.4, -0.2) is 18.8 Å². The van der Waals surface area contributed by atoms with Gasteiger partial charge in [0.2, 0.25) is 10.0 Å². The normalized spacial score (nSPS) is 15.6. The van der Waals surface area contributed by atoms with E-state index in [1.54, 1.807) is 27.8 Å². The van der Waals surface area contributed by atoms with Crippen molar-refractivity contribution in [1.29, 1.82) is 0 Å². The van der Waals surface area contributed by atoms with Crippen molar-refractivity contribution in [2.45, 2.75) is 30.3 Å². The lowest BCUT2D eigenvalue weighted by Gasteiger charge is -2.22. The van der Waals surface area contributed by atoms with Crippen molar-refractivity contribution in [1.82, 2.24) is 4.31 Å². The first-order chi connectivity index (χ1) is 9.98. The largest absolute Gasteiger partial charge is 0.244 e. The van der Waals surface area contributed by atoms with Crippen LogP contribution >= 0.6 is 43.2 Å². The summed E-state index contributed by atoms with van der Waals surface area (Å²) in [6, 6.07) is 7.34. The zero-order valence-corrected chi connectivity index (χ0v) is 15.8. The summed E-state index contributed by atoms with van der Waals surface area (Å²) in [5.41, 5.74) is 1.04. The Labute approximate surface area is 145 Å². The highest BCUT2D eigenvalue weighted by atomic mass is 79.9. The van der Waals surface area contributed by atoms with Gasteiger partial charge in [-0.15, -0.1) is 0 Å². The van der Waals surface area contributed by atoms with E-state index < -0.39 is 10.0 Å². The van der Waals surface area contributed by atoms with Gasteiger partial charge < -0.3 is 0 Å². The molecule has 0 spiro atoms.